The molecule has 0 aliphatic carbocycles. The Morgan fingerprint density at radius 2 is 1.42 bits per heavy atom. The van der Waals surface area contributed by atoms with E-state index < -0.39 is 6.29 Å². The van der Waals surface area contributed by atoms with Gasteiger partial charge in [0, 0.05) is 17.4 Å². The lowest BCUT2D eigenvalue weighted by Gasteiger charge is -2.32. The average molecular weight is 366 g/mol. The Hall–Kier alpha value is -1.01. The Bertz CT molecular complexity index is 505. The molecular formula is C21H31FO4. The van der Waals surface area contributed by atoms with Crippen LogP contribution in [0.1, 0.15) is 57.3 Å². The van der Waals surface area contributed by atoms with Gasteiger partial charge in [-0.1, -0.05) is 38.3 Å². The van der Waals surface area contributed by atoms with Gasteiger partial charge in [-0.15, -0.1) is 0 Å². The van der Waals surface area contributed by atoms with Crippen LogP contribution >= 0.6 is 0 Å². The molecule has 146 valence electrons. The summed E-state index contributed by atoms with van der Waals surface area (Å²) in [5.74, 6) is 0.652. The van der Waals surface area contributed by atoms with Crippen LogP contribution in [0.3, 0.4) is 0 Å². The number of halogens is 1. The molecule has 5 heteroatoms. The largest absolute Gasteiger partial charge is 0.352 e. The molecule has 0 radical (unpaired) electrons. The molecule has 2 saturated heterocycles. The molecule has 26 heavy (non-hydrogen) atoms. The van der Waals surface area contributed by atoms with Crippen LogP contribution in [-0.2, 0) is 18.9 Å². The van der Waals surface area contributed by atoms with Crippen LogP contribution in [0, 0.1) is 17.7 Å². The first-order valence-electron chi connectivity index (χ1n) is 9.96. The van der Waals surface area contributed by atoms with Crippen molar-refractivity contribution in [1.29, 1.82) is 0 Å². The highest BCUT2D eigenvalue weighted by Gasteiger charge is 2.26. The molecule has 2 aliphatic heterocycles. The van der Waals surface area contributed by atoms with Crippen molar-refractivity contribution in [1.82, 2.24) is 0 Å². The predicted molar refractivity (Wildman–Crippen MR) is 97.1 cm³/mol. The quantitative estimate of drug-likeness (QED) is 0.617. The zero-order valence-electron chi connectivity index (χ0n) is 15.7. The summed E-state index contributed by atoms with van der Waals surface area (Å²) in [6, 6.07) is 6.28. The predicted octanol–water partition coefficient (Wildman–Crippen LogP) is 4.84. The smallest absolute Gasteiger partial charge is 0.183 e. The minimum atomic E-state index is -0.391. The van der Waals surface area contributed by atoms with Crippen molar-refractivity contribution < 1.29 is 23.3 Å². The maximum atomic E-state index is 13.0. The highest BCUT2D eigenvalue weighted by Crippen LogP contribution is 2.28. The van der Waals surface area contributed by atoms with Crippen molar-refractivity contribution in [2.75, 3.05) is 26.4 Å². The van der Waals surface area contributed by atoms with E-state index >= 15 is 0 Å². The van der Waals surface area contributed by atoms with Crippen LogP contribution in [0.2, 0.25) is 0 Å². The zero-order chi connectivity index (χ0) is 18.2. The van der Waals surface area contributed by atoms with Gasteiger partial charge in [-0.25, -0.2) is 4.39 Å². The van der Waals surface area contributed by atoms with Gasteiger partial charge in [0.1, 0.15) is 5.82 Å². The van der Waals surface area contributed by atoms with E-state index in [1.165, 1.54) is 37.8 Å². The lowest BCUT2D eigenvalue weighted by atomic mass is 10.0. The van der Waals surface area contributed by atoms with Gasteiger partial charge >= 0.3 is 0 Å². The third-order valence-corrected chi connectivity index (χ3v) is 5.17. The lowest BCUT2D eigenvalue weighted by molar-refractivity contribution is -0.220. The van der Waals surface area contributed by atoms with Crippen molar-refractivity contribution in [3.8, 4) is 0 Å². The number of rotatable bonds is 8. The Labute approximate surface area is 156 Å². The van der Waals surface area contributed by atoms with Gasteiger partial charge in [0.05, 0.1) is 26.4 Å². The maximum Gasteiger partial charge on any atom is 0.183 e. The fraction of sp³-hybridized carbons (Fsp3) is 0.714. The molecule has 2 fully saturated rings. The Kier molecular flexibility index (Phi) is 7.86. The van der Waals surface area contributed by atoms with Crippen LogP contribution in [0.5, 0.6) is 0 Å². The fourth-order valence-electron chi connectivity index (χ4n) is 3.49. The summed E-state index contributed by atoms with van der Waals surface area (Å²) in [6.45, 7) is 5.16. The summed E-state index contributed by atoms with van der Waals surface area (Å²) in [5, 5.41) is 0. The van der Waals surface area contributed by atoms with Gasteiger partial charge in [0.2, 0.25) is 0 Å². The molecule has 0 N–H and O–H groups in total. The first kappa shape index (κ1) is 19.7. The molecule has 3 rings (SSSR count). The molecule has 0 aromatic heterocycles. The van der Waals surface area contributed by atoms with Crippen LogP contribution in [0.15, 0.2) is 24.3 Å². The van der Waals surface area contributed by atoms with Gasteiger partial charge in [0.15, 0.2) is 12.6 Å². The van der Waals surface area contributed by atoms with Crippen molar-refractivity contribution in [3.05, 3.63) is 35.6 Å². The summed E-state index contributed by atoms with van der Waals surface area (Å²) in [6.07, 6.45) is 6.37. The molecule has 0 atom stereocenters. The van der Waals surface area contributed by atoms with Gasteiger partial charge in [-0.2, -0.15) is 0 Å². The van der Waals surface area contributed by atoms with E-state index in [2.05, 4.69) is 6.92 Å². The van der Waals surface area contributed by atoms with Gasteiger partial charge in [-0.3, -0.25) is 0 Å². The minimum Gasteiger partial charge on any atom is -0.352 e. The van der Waals surface area contributed by atoms with Crippen molar-refractivity contribution in [2.45, 2.75) is 58.0 Å². The van der Waals surface area contributed by atoms with Gasteiger partial charge in [0.25, 0.3) is 0 Å². The summed E-state index contributed by atoms with van der Waals surface area (Å²) in [5.41, 5.74) is 0.859. The molecule has 0 spiro atoms. The Morgan fingerprint density at radius 1 is 0.808 bits per heavy atom. The van der Waals surface area contributed by atoms with Gasteiger partial charge in [-0.05, 0) is 31.4 Å². The van der Waals surface area contributed by atoms with Crippen molar-refractivity contribution in [2.24, 2.45) is 11.8 Å². The molecule has 0 saturated carbocycles. The molecule has 0 bridgehead atoms. The molecule has 2 heterocycles. The molecule has 0 unspecified atom stereocenters. The molecule has 2 aliphatic rings. The Balaban J connectivity index is 1.30. The molecule has 0 amide bonds. The van der Waals surface area contributed by atoms with E-state index in [-0.39, 0.29) is 12.1 Å². The van der Waals surface area contributed by atoms with Crippen LogP contribution in [0.25, 0.3) is 0 Å². The topological polar surface area (TPSA) is 36.9 Å². The van der Waals surface area contributed by atoms with E-state index in [9.17, 15) is 4.39 Å². The normalized spacial score (nSPS) is 29.6. The van der Waals surface area contributed by atoms with E-state index in [1.807, 2.05) is 0 Å². The summed E-state index contributed by atoms with van der Waals surface area (Å²) >= 11 is 0. The Morgan fingerprint density at radius 3 is 2.08 bits per heavy atom. The van der Waals surface area contributed by atoms with Crippen molar-refractivity contribution >= 4 is 0 Å². The number of unbranched alkanes of at least 4 members (excludes halogenated alkanes) is 2. The number of hydrogen-bond acceptors (Lipinski definition) is 4. The van der Waals surface area contributed by atoms with Gasteiger partial charge < -0.3 is 18.9 Å². The SMILES string of the molecule is CCCCCC1COC(CCC2COC(c3ccc(F)cc3)OC2)OC1. The van der Waals surface area contributed by atoms with Crippen molar-refractivity contribution in [3.63, 3.8) is 0 Å². The number of benzene rings is 1. The zero-order valence-corrected chi connectivity index (χ0v) is 15.7. The molecule has 1 aromatic rings. The third kappa shape index (κ3) is 6.02. The maximum absolute atomic E-state index is 13.0. The second kappa shape index (κ2) is 10.4. The summed E-state index contributed by atoms with van der Waals surface area (Å²) < 4.78 is 36.3. The summed E-state index contributed by atoms with van der Waals surface area (Å²) in [7, 11) is 0. The monoisotopic (exact) mass is 366 g/mol. The lowest BCUT2D eigenvalue weighted by Crippen LogP contribution is -2.33. The van der Waals surface area contributed by atoms with E-state index in [1.54, 1.807) is 12.1 Å². The number of hydrogen-bond donors (Lipinski definition) is 0. The highest BCUT2D eigenvalue weighted by molar-refractivity contribution is 5.17. The second-order valence-corrected chi connectivity index (χ2v) is 7.45. The number of ether oxygens (including phenoxy) is 4. The van der Waals surface area contributed by atoms with E-state index in [0.717, 1.165) is 31.6 Å². The van der Waals surface area contributed by atoms with E-state index in [4.69, 9.17) is 18.9 Å². The minimum absolute atomic E-state index is 0.0905. The first-order valence-corrected chi connectivity index (χ1v) is 9.96. The summed E-state index contributed by atoms with van der Waals surface area (Å²) in [4.78, 5) is 0. The molecular weight excluding hydrogens is 335 g/mol. The standard InChI is InChI=1S/C21H31FO4/c1-2-3-4-5-16-12-23-20(24-13-16)11-6-17-14-25-21(26-15-17)18-7-9-19(22)10-8-18/h7-10,16-17,20-21H,2-6,11-15H2,1H3. The average Bonchev–Trinajstić information content (AvgIpc) is 2.69. The molecule has 1 aromatic carbocycles. The third-order valence-electron chi connectivity index (χ3n) is 5.17. The van der Waals surface area contributed by atoms with Crippen LogP contribution < -0.4 is 0 Å². The van der Waals surface area contributed by atoms with Crippen LogP contribution in [-0.4, -0.2) is 32.7 Å². The first-order chi connectivity index (χ1) is 12.7. The highest BCUT2D eigenvalue weighted by atomic mass is 19.1. The van der Waals surface area contributed by atoms with E-state index in [0.29, 0.717) is 25.0 Å². The molecule has 4 nitrogen and oxygen atoms in total. The van der Waals surface area contributed by atoms with Crippen LogP contribution in [0.4, 0.5) is 4.39 Å². The fourth-order valence-corrected chi connectivity index (χ4v) is 3.49. The second-order valence-electron chi connectivity index (χ2n) is 7.45.